The highest BCUT2D eigenvalue weighted by Gasteiger charge is 2.54. The Morgan fingerprint density at radius 1 is 0.375 bits per heavy atom. The standard InChI is InChI=1S/C31H54O25/c32-2-7-1-8(14(36)18(40)13(7)35)49-5-11-17(39)21(43)27(56-29-24(46)19(41)15(37)9(3-33)52-29)31(54-11)50-6-12-16(38)20(42)25(47)30(53-12)55-26-10(4-34)51-28(48)23(45)22(26)44/h7-48H,1-6H2/t7-,8+,9+,10-,11-,12-,13-,14+,15+,16-,17-,18+,19-,20+,21+,22-,23-,24+,25-,26-,27-,28+,29?,30-,31+/m1/s1. The van der Waals surface area contributed by atoms with Crippen LogP contribution in [0.3, 0.4) is 0 Å². The molecule has 0 aromatic carbocycles. The van der Waals surface area contributed by atoms with Gasteiger partial charge in [-0.1, -0.05) is 0 Å². The van der Waals surface area contributed by atoms with E-state index in [0.717, 1.165) is 0 Å². The Labute approximate surface area is 317 Å². The van der Waals surface area contributed by atoms with E-state index >= 15 is 0 Å². The monoisotopic (exact) mass is 826 g/mol. The fraction of sp³-hybridized carbons (Fsp3) is 1.00. The van der Waals surface area contributed by atoms with Gasteiger partial charge in [0, 0.05) is 12.5 Å². The predicted molar refractivity (Wildman–Crippen MR) is 170 cm³/mol. The normalized spacial score (nSPS) is 53.2. The van der Waals surface area contributed by atoms with Crippen LogP contribution in [0.1, 0.15) is 6.42 Å². The number of aliphatic hydroxyl groups is 17. The number of rotatable bonds is 13. The second-order valence-corrected chi connectivity index (χ2v) is 14.5. The first-order chi connectivity index (χ1) is 26.4. The maximum atomic E-state index is 11.3. The summed E-state index contributed by atoms with van der Waals surface area (Å²) in [6.45, 7) is -3.77. The van der Waals surface area contributed by atoms with E-state index < -0.39 is 186 Å². The molecule has 0 spiro atoms. The molecule has 5 fully saturated rings. The summed E-state index contributed by atoms with van der Waals surface area (Å²) in [7, 11) is 0. The van der Waals surface area contributed by atoms with Gasteiger partial charge in [0.2, 0.25) is 0 Å². The lowest BCUT2D eigenvalue weighted by Crippen LogP contribution is -2.66. The van der Waals surface area contributed by atoms with E-state index in [1.54, 1.807) is 0 Å². The van der Waals surface area contributed by atoms with Gasteiger partial charge in [-0.2, -0.15) is 0 Å². The van der Waals surface area contributed by atoms with Crippen LogP contribution in [0.5, 0.6) is 0 Å². The van der Waals surface area contributed by atoms with Crippen LogP contribution in [-0.4, -0.2) is 267 Å². The van der Waals surface area contributed by atoms with Crippen LogP contribution in [0, 0.1) is 5.92 Å². The first-order valence-corrected chi connectivity index (χ1v) is 18.0. The van der Waals surface area contributed by atoms with E-state index in [1.807, 2.05) is 0 Å². The second kappa shape index (κ2) is 19.6. The molecule has 17 N–H and O–H groups in total. The summed E-state index contributed by atoms with van der Waals surface area (Å²) in [5, 5.41) is 176. The third-order valence-electron chi connectivity index (χ3n) is 10.8. The van der Waals surface area contributed by atoms with Crippen LogP contribution in [0.15, 0.2) is 0 Å². The molecule has 1 unspecified atom stereocenters. The molecule has 0 radical (unpaired) electrons. The summed E-state index contributed by atoms with van der Waals surface area (Å²) in [5.41, 5.74) is 0. The fourth-order valence-electron chi connectivity index (χ4n) is 7.25. The van der Waals surface area contributed by atoms with Crippen LogP contribution in [0.4, 0.5) is 0 Å². The van der Waals surface area contributed by atoms with Crippen molar-refractivity contribution >= 4 is 0 Å². The van der Waals surface area contributed by atoms with Crippen molar-refractivity contribution in [2.24, 2.45) is 5.92 Å². The van der Waals surface area contributed by atoms with Gasteiger partial charge in [0.1, 0.15) is 110 Å². The average Bonchev–Trinajstić information content (AvgIpc) is 3.18. The Hall–Kier alpha value is -1.00. The maximum absolute atomic E-state index is 11.3. The van der Waals surface area contributed by atoms with Gasteiger partial charge in [0.25, 0.3) is 0 Å². The molecule has 0 aromatic heterocycles. The van der Waals surface area contributed by atoms with Gasteiger partial charge in [-0.25, -0.2) is 0 Å². The van der Waals surface area contributed by atoms with Gasteiger partial charge < -0.3 is 125 Å². The smallest absolute Gasteiger partial charge is 0.187 e. The summed E-state index contributed by atoms with van der Waals surface area (Å²) in [4.78, 5) is 0. The molecule has 25 atom stereocenters. The van der Waals surface area contributed by atoms with Crippen molar-refractivity contribution in [3.63, 3.8) is 0 Å². The molecular weight excluding hydrogens is 772 g/mol. The Morgan fingerprint density at radius 3 is 1.41 bits per heavy atom. The van der Waals surface area contributed by atoms with Crippen LogP contribution in [0.2, 0.25) is 0 Å². The fourth-order valence-corrected chi connectivity index (χ4v) is 7.25. The van der Waals surface area contributed by atoms with Crippen LogP contribution in [0.25, 0.3) is 0 Å². The summed E-state index contributed by atoms with van der Waals surface area (Å²) in [6, 6.07) is 0. The molecule has 5 aliphatic rings. The molecule has 4 saturated heterocycles. The number of ether oxygens (including phenoxy) is 8. The molecule has 1 aliphatic carbocycles. The summed E-state index contributed by atoms with van der Waals surface area (Å²) in [5.74, 6) is -0.905. The molecule has 4 heterocycles. The third kappa shape index (κ3) is 9.47. The lowest BCUT2D eigenvalue weighted by atomic mass is 9.81. The first-order valence-electron chi connectivity index (χ1n) is 18.0. The lowest BCUT2D eigenvalue weighted by molar-refractivity contribution is -0.379. The van der Waals surface area contributed by atoms with Gasteiger partial charge >= 0.3 is 0 Å². The minimum absolute atomic E-state index is 0.152. The molecule has 0 amide bonds. The van der Waals surface area contributed by atoms with Gasteiger partial charge in [-0.15, -0.1) is 0 Å². The van der Waals surface area contributed by atoms with Gasteiger partial charge in [-0.05, 0) is 6.42 Å². The molecule has 0 bridgehead atoms. The van der Waals surface area contributed by atoms with Crippen molar-refractivity contribution < 1.29 is 125 Å². The minimum Gasteiger partial charge on any atom is -0.396 e. The quantitative estimate of drug-likeness (QED) is 0.0819. The van der Waals surface area contributed by atoms with E-state index in [4.69, 9.17) is 37.9 Å². The Morgan fingerprint density at radius 2 is 0.839 bits per heavy atom. The Kier molecular flexibility index (Phi) is 16.1. The van der Waals surface area contributed by atoms with E-state index in [2.05, 4.69) is 0 Å². The Bertz CT molecular complexity index is 1200. The Balaban J connectivity index is 1.33. The molecular formula is C31H54O25. The van der Waals surface area contributed by atoms with Crippen molar-refractivity contribution in [2.75, 3.05) is 33.0 Å². The molecule has 5 rings (SSSR count). The van der Waals surface area contributed by atoms with Crippen molar-refractivity contribution in [3.8, 4) is 0 Å². The average molecular weight is 827 g/mol. The highest BCUT2D eigenvalue weighted by molar-refractivity contribution is 4.98. The van der Waals surface area contributed by atoms with Gasteiger partial charge in [0.15, 0.2) is 25.2 Å². The summed E-state index contributed by atoms with van der Waals surface area (Å²) in [6.07, 6.45) is -43.1. The zero-order chi connectivity index (χ0) is 41.3. The highest BCUT2D eigenvalue weighted by Crippen LogP contribution is 2.34. The molecule has 25 nitrogen and oxygen atoms in total. The first kappa shape index (κ1) is 46.1. The van der Waals surface area contributed by atoms with Crippen molar-refractivity contribution in [1.82, 2.24) is 0 Å². The largest absolute Gasteiger partial charge is 0.396 e. The molecule has 0 aromatic rings. The summed E-state index contributed by atoms with van der Waals surface area (Å²) < 4.78 is 44.5. The van der Waals surface area contributed by atoms with Crippen LogP contribution >= 0.6 is 0 Å². The number of hydrogen-bond donors (Lipinski definition) is 17. The molecule has 1 saturated carbocycles. The molecule has 4 aliphatic heterocycles. The summed E-state index contributed by atoms with van der Waals surface area (Å²) >= 11 is 0. The van der Waals surface area contributed by atoms with Gasteiger partial charge in [-0.3, -0.25) is 0 Å². The van der Waals surface area contributed by atoms with E-state index in [0.29, 0.717) is 0 Å². The predicted octanol–water partition coefficient (Wildman–Crippen LogP) is -11.3. The highest BCUT2D eigenvalue weighted by atomic mass is 16.8. The SMILES string of the molecule is OC[C@H]1C[C@H](OC[C@H]2O[C@H](OC[C@H]3O[C@H](O[C@H]4[C@H](O)[C@@H](O)[C@@H](O)O[C@@H]4CO)[C@H](O)[C@@H](O)[C@@H]3O)[C@H](OC3O[C@@H](CO)[C@H](O)[C@@H](O)[C@@H]3O)[C@@H](O)[C@@H]2O)[C@H](O)[C@@H](O)[C@@H]1O. The van der Waals surface area contributed by atoms with Crippen molar-refractivity contribution in [1.29, 1.82) is 0 Å². The molecule has 25 heteroatoms. The van der Waals surface area contributed by atoms with E-state index in [-0.39, 0.29) is 6.42 Å². The second-order valence-electron chi connectivity index (χ2n) is 14.5. The maximum Gasteiger partial charge on any atom is 0.187 e. The topological polar surface area (TPSA) is 418 Å². The van der Waals surface area contributed by atoms with Crippen molar-refractivity contribution in [2.45, 2.75) is 154 Å². The number of aliphatic hydroxyl groups excluding tert-OH is 17. The van der Waals surface area contributed by atoms with E-state index in [9.17, 15) is 86.8 Å². The molecule has 328 valence electrons. The number of hydrogen-bond acceptors (Lipinski definition) is 25. The van der Waals surface area contributed by atoms with Crippen molar-refractivity contribution in [3.05, 3.63) is 0 Å². The van der Waals surface area contributed by atoms with Gasteiger partial charge in [0.05, 0.1) is 38.6 Å². The van der Waals surface area contributed by atoms with Crippen LogP contribution < -0.4 is 0 Å². The minimum atomic E-state index is -2.03. The zero-order valence-corrected chi connectivity index (χ0v) is 29.5. The molecule has 56 heavy (non-hydrogen) atoms. The third-order valence-corrected chi connectivity index (χ3v) is 10.8. The lowest BCUT2D eigenvalue weighted by Gasteiger charge is -2.47. The van der Waals surface area contributed by atoms with E-state index in [1.165, 1.54) is 0 Å². The zero-order valence-electron chi connectivity index (χ0n) is 29.5. The van der Waals surface area contributed by atoms with Crippen LogP contribution in [-0.2, 0) is 37.9 Å².